The summed E-state index contributed by atoms with van der Waals surface area (Å²) in [5, 5.41) is 0. The van der Waals surface area contributed by atoms with Crippen molar-refractivity contribution < 1.29 is 13.2 Å². The van der Waals surface area contributed by atoms with Crippen LogP contribution in [0, 0.1) is 17.8 Å². The van der Waals surface area contributed by atoms with Crippen LogP contribution in [-0.2, 0) is 14.8 Å². The summed E-state index contributed by atoms with van der Waals surface area (Å²) in [5.41, 5.74) is 4.29. The van der Waals surface area contributed by atoms with Gasteiger partial charge in [0.25, 0.3) is 5.91 Å². The van der Waals surface area contributed by atoms with Gasteiger partial charge in [0, 0.05) is 0 Å². The third kappa shape index (κ3) is 1.66. The lowest BCUT2D eigenvalue weighted by molar-refractivity contribution is -0.123. The SMILES string of the molecule is C=CC1C#CC1(N)C(=O)NS(=O)(=O)C1(C)CC1. The average molecular weight is 254 g/mol. The molecule has 17 heavy (non-hydrogen) atoms. The number of sulfonamides is 1. The van der Waals surface area contributed by atoms with Gasteiger partial charge in [-0.1, -0.05) is 17.9 Å². The quantitative estimate of drug-likeness (QED) is 0.523. The van der Waals surface area contributed by atoms with Crippen LogP contribution in [-0.4, -0.2) is 24.6 Å². The molecular formula is C11H14N2O3S. The molecule has 0 aromatic carbocycles. The first-order chi connectivity index (χ1) is 7.75. The standard InChI is InChI=1S/C11H14N2O3S/c1-3-8-4-5-11(8,12)9(14)13-17(15,16)10(2)6-7-10/h3,8H,1,6-7,12H2,2H3,(H,13,14). The van der Waals surface area contributed by atoms with Gasteiger partial charge in [0.1, 0.15) is 0 Å². The summed E-state index contributed by atoms with van der Waals surface area (Å²) in [6.07, 6.45) is 2.56. The molecular weight excluding hydrogens is 240 g/mol. The largest absolute Gasteiger partial charge is 0.306 e. The van der Waals surface area contributed by atoms with Gasteiger partial charge < -0.3 is 5.73 Å². The number of carbonyl (C=O) groups excluding carboxylic acids is 1. The molecule has 0 saturated heterocycles. The Hall–Kier alpha value is -1.32. The van der Waals surface area contributed by atoms with Crippen LogP contribution in [0.2, 0.25) is 0 Å². The Labute approximate surface area is 100 Å². The van der Waals surface area contributed by atoms with Gasteiger partial charge in [-0.25, -0.2) is 8.42 Å². The Balaban J connectivity index is 2.15. The number of hydrogen-bond donors (Lipinski definition) is 2. The summed E-state index contributed by atoms with van der Waals surface area (Å²) in [6, 6.07) is 0. The fourth-order valence-electron chi connectivity index (χ4n) is 1.53. The molecule has 0 spiro atoms. The molecule has 0 aromatic rings. The number of rotatable bonds is 4. The van der Waals surface area contributed by atoms with Gasteiger partial charge in [-0.3, -0.25) is 9.52 Å². The maximum Gasteiger partial charge on any atom is 0.267 e. The van der Waals surface area contributed by atoms with Crippen molar-refractivity contribution in [3.8, 4) is 11.8 Å². The highest BCUT2D eigenvalue weighted by Crippen LogP contribution is 2.42. The lowest BCUT2D eigenvalue weighted by atomic mass is 9.78. The van der Waals surface area contributed by atoms with E-state index in [4.69, 9.17) is 5.73 Å². The summed E-state index contributed by atoms with van der Waals surface area (Å²) < 4.78 is 24.9. The number of nitrogens with one attached hydrogen (secondary N) is 1. The van der Waals surface area contributed by atoms with Crippen LogP contribution in [0.4, 0.5) is 0 Å². The van der Waals surface area contributed by atoms with Crippen LogP contribution in [0.5, 0.6) is 0 Å². The minimum atomic E-state index is -3.66. The van der Waals surface area contributed by atoms with Crippen LogP contribution in [0.3, 0.4) is 0 Å². The smallest absolute Gasteiger partial charge is 0.267 e. The van der Waals surface area contributed by atoms with Crippen LogP contribution in [0.15, 0.2) is 12.7 Å². The van der Waals surface area contributed by atoms with Crippen molar-refractivity contribution >= 4 is 15.9 Å². The Morgan fingerprint density at radius 3 is 2.53 bits per heavy atom. The lowest BCUT2D eigenvalue weighted by Crippen LogP contribution is -2.62. The molecule has 0 aromatic heterocycles. The molecule has 2 aliphatic carbocycles. The molecule has 1 amide bonds. The highest BCUT2D eigenvalue weighted by atomic mass is 32.2. The topological polar surface area (TPSA) is 89.3 Å². The average Bonchev–Trinajstić information content (AvgIpc) is 2.95. The summed E-state index contributed by atoms with van der Waals surface area (Å²) in [6.45, 7) is 5.11. The summed E-state index contributed by atoms with van der Waals surface area (Å²) in [4.78, 5) is 11.8. The first kappa shape index (κ1) is 12.1. The van der Waals surface area contributed by atoms with Gasteiger partial charge in [-0.2, -0.15) is 0 Å². The molecule has 92 valence electrons. The first-order valence-electron chi connectivity index (χ1n) is 5.26. The molecule has 0 radical (unpaired) electrons. The third-order valence-electron chi connectivity index (χ3n) is 3.37. The van der Waals surface area contributed by atoms with E-state index in [1.165, 1.54) is 6.08 Å². The fourth-order valence-corrected chi connectivity index (χ4v) is 2.83. The minimum Gasteiger partial charge on any atom is -0.306 e. The highest BCUT2D eigenvalue weighted by molar-refractivity contribution is 7.91. The number of amides is 1. The molecule has 0 heterocycles. The predicted octanol–water partition coefficient (Wildman–Crippen LogP) is -0.498. The molecule has 1 saturated carbocycles. The second kappa shape index (κ2) is 3.34. The second-order valence-corrected chi connectivity index (χ2v) is 6.93. The van der Waals surface area contributed by atoms with E-state index >= 15 is 0 Å². The van der Waals surface area contributed by atoms with E-state index in [9.17, 15) is 13.2 Å². The lowest BCUT2D eigenvalue weighted by Gasteiger charge is -2.32. The zero-order valence-electron chi connectivity index (χ0n) is 9.49. The van der Waals surface area contributed by atoms with E-state index in [0.717, 1.165) is 0 Å². The second-order valence-electron chi connectivity index (χ2n) is 4.74. The molecule has 6 heteroatoms. The van der Waals surface area contributed by atoms with E-state index in [1.807, 2.05) is 4.72 Å². The predicted molar refractivity (Wildman–Crippen MR) is 63.1 cm³/mol. The van der Waals surface area contributed by atoms with Gasteiger partial charge in [-0.05, 0) is 19.8 Å². The molecule has 3 N–H and O–H groups in total. The number of nitrogens with two attached hydrogens (primary N) is 1. The fraction of sp³-hybridized carbons (Fsp3) is 0.545. The Kier molecular flexibility index (Phi) is 2.39. The van der Waals surface area contributed by atoms with E-state index in [-0.39, 0.29) is 0 Å². The molecule has 1 fully saturated rings. The van der Waals surface area contributed by atoms with E-state index in [0.29, 0.717) is 12.8 Å². The monoisotopic (exact) mass is 254 g/mol. The van der Waals surface area contributed by atoms with Crippen molar-refractivity contribution in [1.29, 1.82) is 0 Å². The van der Waals surface area contributed by atoms with Gasteiger partial charge in [0.15, 0.2) is 5.54 Å². The van der Waals surface area contributed by atoms with Gasteiger partial charge in [-0.15, -0.1) is 6.58 Å². The molecule has 0 aliphatic heterocycles. The van der Waals surface area contributed by atoms with Crippen LogP contribution in [0.25, 0.3) is 0 Å². The van der Waals surface area contributed by atoms with Crippen molar-refractivity contribution in [2.24, 2.45) is 11.7 Å². The zero-order valence-corrected chi connectivity index (χ0v) is 10.3. The molecule has 2 aliphatic rings. The molecule has 2 unspecified atom stereocenters. The maximum absolute atomic E-state index is 11.8. The Bertz CT molecular complexity index is 551. The Morgan fingerprint density at radius 1 is 1.59 bits per heavy atom. The van der Waals surface area contributed by atoms with Crippen molar-refractivity contribution in [3.63, 3.8) is 0 Å². The van der Waals surface area contributed by atoms with Crippen LogP contribution in [0.1, 0.15) is 19.8 Å². The summed E-state index contributed by atoms with van der Waals surface area (Å²) in [7, 11) is -3.66. The van der Waals surface area contributed by atoms with Crippen molar-refractivity contribution in [1.82, 2.24) is 4.72 Å². The van der Waals surface area contributed by atoms with Crippen molar-refractivity contribution in [2.75, 3.05) is 0 Å². The maximum atomic E-state index is 11.8. The van der Waals surface area contributed by atoms with Crippen molar-refractivity contribution in [3.05, 3.63) is 12.7 Å². The molecule has 5 nitrogen and oxygen atoms in total. The molecule has 0 bridgehead atoms. The Morgan fingerprint density at radius 2 is 2.18 bits per heavy atom. The van der Waals surface area contributed by atoms with E-state index in [1.54, 1.807) is 6.92 Å². The minimum absolute atomic E-state index is 0.496. The van der Waals surface area contributed by atoms with E-state index < -0.39 is 32.1 Å². The van der Waals surface area contributed by atoms with Crippen LogP contribution < -0.4 is 10.5 Å². The third-order valence-corrected chi connectivity index (χ3v) is 5.53. The van der Waals surface area contributed by atoms with E-state index in [2.05, 4.69) is 18.4 Å². The zero-order chi connectivity index (χ0) is 12.9. The number of hydrogen-bond acceptors (Lipinski definition) is 4. The normalized spacial score (nSPS) is 32.7. The van der Waals surface area contributed by atoms with Crippen LogP contribution >= 0.6 is 0 Å². The van der Waals surface area contributed by atoms with Gasteiger partial charge >= 0.3 is 0 Å². The first-order valence-corrected chi connectivity index (χ1v) is 6.74. The van der Waals surface area contributed by atoms with Crippen molar-refractivity contribution in [2.45, 2.75) is 30.1 Å². The summed E-state index contributed by atoms with van der Waals surface area (Å²) >= 11 is 0. The van der Waals surface area contributed by atoms with Gasteiger partial charge in [0.2, 0.25) is 10.0 Å². The highest BCUT2D eigenvalue weighted by Gasteiger charge is 2.53. The van der Waals surface area contributed by atoms with Gasteiger partial charge in [0.05, 0.1) is 10.7 Å². The summed E-state index contributed by atoms with van der Waals surface area (Å²) in [5.74, 6) is 3.89. The molecule has 2 rings (SSSR count). The molecule has 2 atom stereocenters. The number of carbonyl (C=O) groups is 1.